The Bertz CT molecular complexity index is 768. The molecule has 0 unspecified atom stereocenters. The summed E-state index contributed by atoms with van der Waals surface area (Å²) in [6.07, 6.45) is 0. The molecule has 0 radical (unpaired) electrons. The summed E-state index contributed by atoms with van der Waals surface area (Å²) < 4.78 is 27.4. The van der Waals surface area contributed by atoms with Gasteiger partial charge in [0.25, 0.3) is 0 Å². The van der Waals surface area contributed by atoms with Gasteiger partial charge in [0.05, 0.1) is 11.2 Å². The molecule has 2 nitrogen and oxygen atoms in total. The van der Waals surface area contributed by atoms with E-state index in [1.165, 1.54) is 11.3 Å². The van der Waals surface area contributed by atoms with Crippen LogP contribution >= 0.6 is 11.3 Å². The lowest BCUT2D eigenvalue weighted by molar-refractivity contribution is 0.515. The van der Waals surface area contributed by atoms with Gasteiger partial charge >= 0.3 is 0 Å². The third-order valence-corrected chi connectivity index (χ3v) is 4.09. The van der Waals surface area contributed by atoms with Gasteiger partial charge in [-0.2, -0.15) is 0 Å². The lowest BCUT2D eigenvalue weighted by atomic mass is 10.2. The Morgan fingerprint density at radius 2 is 1.95 bits per heavy atom. The number of hydrogen-bond donors (Lipinski definition) is 1. The number of hydrogen-bond acceptors (Lipinski definition) is 3. The zero-order valence-corrected chi connectivity index (χ0v) is 11.6. The van der Waals surface area contributed by atoms with Crippen molar-refractivity contribution >= 4 is 27.2 Å². The van der Waals surface area contributed by atoms with E-state index in [2.05, 4.69) is 10.3 Å². The van der Waals surface area contributed by atoms with E-state index in [0.29, 0.717) is 11.2 Å². The average Bonchev–Trinajstić information content (AvgIpc) is 2.86. The van der Waals surface area contributed by atoms with Gasteiger partial charge in [-0.15, -0.1) is 11.3 Å². The molecule has 3 aromatic rings. The van der Waals surface area contributed by atoms with Crippen LogP contribution in [-0.2, 0) is 6.54 Å². The fourth-order valence-electron chi connectivity index (χ4n) is 2.00. The molecule has 0 aliphatic carbocycles. The number of thiazole rings is 1. The smallest absolute Gasteiger partial charge is 0.185 e. The van der Waals surface area contributed by atoms with Crippen LogP contribution in [0.3, 0.4) is 0 Å². The summed E-state index contributed by atoms with van der Waals surface area (Å²) in [4.78, 5) is 4.16. The number of halogens is 2. The highest BCUT2D eigenvalue weighted by Crippen LogP contribution is 2.26. The lowest BCUT2D eigenvalue weighted by Crippen LogP contribution is -2.00. The maximum Gasteiger partial charge on any atom is 0.185 e. The van der Waals surface area contributed by atoms with Crippen LogP contribution in [0.25, 0.3) is 10.2 Å². The maximum atomic E-state index is 13.6. The molecule has 1 heterocycles. The molecule has 0 spiro atoms. The summed E-state index contributed by atoms with van der Waals surface area (Å²) >= 11 is 1.36. The highest BCUT2D eigenvalue weighted by Gasteiger charge is 2.12. The highest BCUT2D eigenvalue weighted by molar-refractivity contribution is 7.18. The van der Waals surface area contributed by atoms with Gasteiger partial charge in [-0.05, 0) is 30.7 Å². The van der Waals surface area contributed by atoms with E-state index in [9.17, 15) is 8.78 Å². The molecule has 3 rings (SSSR count). The van der Waals surface area contributed by atoms with E-state index in [-0.39, 0.29) is 5.52 Å². The molecule has 1 aromatic heterocycles. The van der Waals surface area contributed by atoms with E-state index >= 15 is 0 Å². The van der Waals surface area contributed by atoms with Gasteiger partial charge in [0.1, 0.15) is 10.5 Å². The van der Waals surface area contributed by atoms with E-state index in [4.69, 9.17) is 0 Å². The van der Waals surface area contributed by atoms with Gasteiger partial charge in [-0.3, -0.25) is 0 Å². The first kappa shape index (κ1) is 13.0. The molecular weight excluding hydrogens is 278 g/mol. The fraction of sp³-hybridized carbons (Fsp3) is 0.133. The van der Waals surface area contributed by atoms with Crippen LogP contribution < -0.4 is 5.32 Å². The monoisotopic (exact) mass is 290 g/mol. The van der Waals surface area contributed by atoms with Crippen molar-refractivity contribution in [1.29, 1.82) is 0 Å². The van der Waals surface area contributed by atoms with Crippen LogP contribution in [0.1, 0.15) is 10.6 Å². The zero-order valence-electron chi connectivity index (χ0n) is 10.8. The van der Waals surface area contributed by atoms with Gasteiger partial charge in [0.15, 0.2) is 11.6 Å². The number of nitrogens with zero attached hydrogens (tertiary/aromatic N) is 1. The molecule has 1 N–H and O–H groups in total. The first-order valence-electron chi connectivity index (χ1n) is 6.18. The molecule has 0 fully saturated rings. The zero-order chi connectivity index (χ0) is 14.1. The summed E-state index contributed by atoms with van der Waals surface area (Å²) in [6.45, 7) is 2.50. The quantitative estimate of drug-likeness (QED) is 0.768. The highest BCUT2D eigenvalue weighted by atomic mass is 32.1. The van der Waals surface area contributed by atoms with Crippen molar-refractivity contribution in [2.24, 2.45) is 0 Å². The van der Waals surface area contributed by atoms with Crippen molar-refractivity contribution in [3.8, 4) is 0 Å². The van der Waals surface area contributed by atoms with Crippen LogP contribution in [0.5, 0.6) is 0 Å². The number of fused-ring (bicyclic) bond motifs is 1. The van der Waals surface area contributed by atoms with Crippen molar-refractivity contribution < 1.29 is 8.78 Å². The van der Waals surface area contributed by atoms with Crippen molar-refractivity contribution in [1.82, 2.24) is 4.98 Å². The van der Waals surface area contributed by atoms with Gasteiger partial charge in [-0.25, -0.2) is 13.8 Å². The molecule has 5 heteroatoms. The van der Waals surface area contributed by atoms with E-state index in [1.807, 2.05) is 31.2 Å². The Kier molecular flexibility index (Phi) is 3.36. The molecule has 102 valence electrons. The minimum absolute atomic E-state index is 0.108. The Balaban J connectivity index is 1.85. The molecule has 0 bridgehead atoms. The SMILES string of the molecule is Cc1ccccc1NCc1nc2c(F)c(F)ccc2s1. The summed E-state index contributed by atoms with van der Waals surface area (Å²) in [5.41, 5.74) is 2.25. The summed E-state index contributed by atoms with van der Waals surface area (Å²) in [6, 6.07) is 10.6. The Hall–Kier alpha value is -2.01. The fourth-order valence-corrected chi connectivity index (χ4v) is 2.90. The first-order valence-corrected chi connectivity index (χ1v) is 7.00. The number of benzene rings is 2. The van der Waals surface area contributed by atoms with Crippen LogP contribution in [0, 0.1) is 18.6 Å². The van der Waals surface area contributed by atoms with Crippen molar-refractivity contribution in [3.05, 3.63) is 58.6 Å². The van der Waals surface area contributed by atoms with Crippen molar-refractivity contribution in [3.63, 3.8) is 0 Å². The minimum atomic E-state index is -0.874. The predicted molar refractivity (Wildman–Crippen MR) is 78.0 cm³/mol. The second kappa shape index (κ2) is 5.17. The van der Waals surface area contributed by atoms with Gasteiger partial charge < -0.3 is 5.32 Å². The van der Waals surface area contributed by atoms with Crippen molar-refractivity contribution in [2.75, 3.05) is 5.32 Å². The Labute approximate surface area is 119 Å². The number of anilines is 1. The van der Waals surface area contributed by atoms with Gasteiger partial charge in [0.2, 0.25) is 0 Å². The topological polar surface area (TPSA) is 24.9 Å². The molecule has 0 amide bonds. The van der Waals surface area contributed by atoms with Crippen LogP contribution in [0.15, 0.2) is 36.4 Å². The summed E-state index contributed by atoms with van der Waals surface area (Å²) in [5.74, 6) is -1.73. The standard InChI is InChI=1S/C15H12F2N2S/c1-9-4-2-3-5-11(9)18-8-13-19-15-12(20-13)7-6-10(16)14(15)17/h2-7,18H,8H2,1H3. The minimum Gasteiger partial charge on any atom is -0.378 e. The van der Waals surface area contributed by atoms with E-state index in [0.717, 1.165) is 22.3 Å². The van der Waals surface area contributed by atoms with E-state index in [1.54, 1.807) is 6.07 Å². The van der Waals surface area contributed by atoms with E-state index < -0.39 is 11.6 Å². The van der Waals surface area contributed by atoms with Crippen LogP contribution in [-0.4, -0.2) is 4.98 Å². The molecular formula is C15H12F2N2S. The van der Waals surface area contributed by atoms with Crippen LogP contribution in [0.2, 0.25) is 0 Å². The average molecular weight is 290 g/mol. The normalized spacial score (nSPS) is 10.9. The number of aromatic nitrogens is 1. The number of para-hydroxylation sites is 1. The first-order chi connectivity index (χ1) is 9.65. The predicted octanol–water partition coefficient (Wildman–Crippen LogP) is 4.50. The maximum absolute atomic E-state index is 13.6. The van der Waals surface area contributed by atoms with Gasteiger partial charge in [-0.1, -0.05) is 18.2 Å². The second-order valence-corrected chi connectivity index (χ2v) is 5.60. The molecule has 0 saturated heterocycles. The Morgan fingerprint density at radius 1 is 1.15 bits per heavy atom. The third kappa shape index (κ3) is 2.36. The largest absolute Gasteiger partial charge is 0.378 e. The summed E-state index contributed by atoms with van der Waals surface area (Å²) in [5, 5.41) is 3.99. The van der Waals surface area contributed by atoms with Crippen LogP contribution in [0.4, 0.5) is 14.5 Å². The molecule has 0 aliphatic rings. The molecule has 0 saturated carbocycles. The van der Waals surface area contributed by atoms with Crippen molar-refractivity contribution in [2.45, 2.75) is 13.5 Å². The second-order valence-electron chi connectivity index (χ2n) is 4.48. The number of rotatable bonds is 3. The number of nitrogens with one attached hydrogen (secondary N) is 1. The molecule has 20 heavy (non-hydrogen) atoms. The third-order valence-electron chi connectivity index (χ3n) is 3.07. The molecule has 0 aliphatic heterocycles. The molecule has 0 atom stereocenters. The van der Waals surface area contributed by atoms with Gasteiger partial charge in [0, 0.05) is 5.69 Å². The Morgan fingerprint density at radius 3 is 2.75 bits per heavy atom. The lowest BCUT2D eigenvalue weighted by Gasteiger charge is -2.06. The summed E-state index contributed by atoms with van der Waals surface area (Å²) in [7, 11) is 0. The number of aryl methyl sites for hydroxylation is 1. The molecule has 2 aromatic carbocycles.